The lowest BCUT2D eigenvalue weighted by atomic mass is 10.2. The molecule has 0 atom stereocenters. The van der Waals surface area contributed by atoms with Crippen LogP contribution in [0.3, 0.4) is 0 Å². The summed E-state index contributed by atoms with van der Waals surface area (Å²) in [6.45, 7) is 5.93. The molecule has 1 saturated carbocycles. The van der Waals surface area contributed by atoms with E-state index in [2.05, 4.69) is 42.3 Å². The number of pyridine rings is 1. The van der Waals surface area contributed by atoms with Gasteiger partial charge in [0, 0.05) is 43.7 Å². The van der Waals surface area contributed by atoms with Crippen LogP contribution >= 0.6 is 0 Å². The molecule has 5 rings (SSSR count). The minimum Gasteiger partial charge on any atom is -0.471 e. The van der Waals surface area contributed by atoms with Gasteiger partial charge < -0.3 is 15.0 Å². The Labute approximate surface area is 151 Å². The van der Waals surface area contributed by atoms with Crippen LogP contribution in [-0.4, -0.2) is 56.9 Å². The number of nitrogens with zero attached hydrogens (tertiary/aromatic N) is 5. The van der Waals surface area contributed by atoms with E-state index >= 15 is 0 Å². The lowest BCUT2D eigenvalue weighted by molar-refractivity contribution is 0.192. The molecule has 0 bridgehead atoms. The van der Waals surface area contributed by atoms with E-state index in [-0.39, 0.29) is 5.60 Å². The standard InChI is InChI=1S/C18H21N7O/c1-18(2-3-18)26-16-8-12-14(10-20-16)23-24-17(12)13-9-15(22-11-21-13)25-6-4-19-5-7-25/h8-11,19H,2-7H2,1H3,(H,23,24). The third-order valence-electron chi connectivity index (χ3n) is 5.06. The third kappa shape index (κ3) is 2.86. The number of fused-ring (bicyclic) bond motifs is 1. The number of anilines is 1. The van der Waals surface area contributed by atoms with E-state index in [4.69, 9.17) is 4.74 Å². The van der Waals surface area contributed by atoms with Crippen molar-refractivity contribution in [3.8, 4) is 17.3 Å². The number of hydrogen-bond acceptors (Lipinski definition) is 7. The molecule has 1 aliphatic carbocycles. The van der Waals surface area contributed by atoms with Crippen molar-refractivity contribution < 1.29 is 4.74 Å². The van der Waals surface area contributed by atoms with Gasteiger partial charge in [0.2, 0.25) is 5.88 Å². The fourth-order valence-electron chi connectivity index (χ4n) is 3.22. The van der Waals surface area contributed by atoms with Gasteiger partial charge in [-0.25, -0.2) is 15.0 Å². The van der Waals surface area contributed by atoms with Crippen molar-refractivity contribution in [2.75, 3.05) is 31.1 Å². The SMILES string of the molecule is CC1(Oc2cc3c(-c4cc(N5CCNCC5)ncn4)n[nH]c3cn2)CC1. The molecule has 134 valence electrons. The van der Waals surface area contributed by atoms with Crippen molar-refractivity contribution in [2.24, 2.45) is 0 Å². The van der Waals surface area contributed by atoms with Crippen LogP contribution in [0.2, 0.25) is 0 Å². The van der Waals surface area contributed by atoms with Crippen LogP contribution < -0.4 is 15.0 Å². The summed E-state index contributed by atoms with van der Waals surface area (Å²) in [7, 11) is 0. The first-order valence-electron chi connectivity index (χ1n) is 9.01. The van der Waals surface area contributed by atoms with E-state index in [1.54, 1.807) is 12.5 Å². The number of ether oxygens (including phenoxy) is 1. The Bertz CT molecular complexity index is 944. The van der Waals surface area contributed by atoms with Crippen LogP contribution in [0.25, 0.3) is 22.3 Å². The number of hydrogen-bond donors (Lipinski definition) is 2. The summed E-state index contributed by atoms with van der Waals surface area (Å²) in [5.74, 6) is 1.57. The molecule has 1 aliphatic heterocycles. The molecular formula is C18H21N7O. The molecule has 0 unspecified atom stereocenters. The highest BCUT2D eigenvalue weighted by molar-refractivity contribution is 5.92. The van der Waals surface area contributed by atoms with E-state index in [1.807, 2.05) is 12.1 Å². The van der Waals surface area contributed by atoms with E-state index in [9.17, 15) is 0 Å². The number of piperazine rings is 1. The lowest BCUT2D eigenvalue weighted by Crippen LogP contribution is -2.43. The zero-order chi connectivity index (χ0) is 17.6. The number of nitrogens with one attached hydrogen (secondary N) is 2. The highest BCUT2D eigenvalue weighted by Crippen LogP contribution is 2.39. The molecule has 8 nitrogen and oxygen atoms in total. The fourth-order valence-corrected chi connectivity index (χ4v) is 3.22. The molecule has 8 heteroatoms. The Kier molecular flexibility index (Phi) is 3.53. The summed E-state index contributed by atoms with van der Waals surface area (Å²) < 4.78 is 6.00. The Morgan fingerprint density at radius 3 is 2.77 bits per heavy atom. The molecule has 2 fully saturated rings. The maximum atomic E-state index is 6.00. The second kappa shape index (κ2) is 5.91. The highest BCUT2D eigenvalue weighted by atomic mass is 16.5. The van der Waals surface area contributed by atoms with Gasteiger partial charge in [-0.3, -0.25) is 5.10 Å². The topological polar surface area (TPSA) is 91.9 Å². The van der Waals surface area contributed by atoms with E-state index < -0.39 is 0 Å². The van der Waals surface area contributed by atoms with Gasteiger partial charge in [0.05, 0.1) is 17.4 Å². The van der Waals surface area contributed by atoms with Crippen LogP contribution in [0.15, 0.2) is 24.7 Å². The summed E-state index contributed by atoms with van der Waals surface area (Å²) in [6, 6.07) is 3.95. The maximum absolute atomic E-state index is 6.00. The molecule has 0 radical (unpaired) electrons. The zero-order valence-electron chi connectivity index (χ0n) is 14.7. The highest BCUT2D eigenvalue weighted by Gasteiger charge is 2.40. The first kappa shape index (κ1) is 15.5. The van der Waals surface area contributed by atoms with Gasteiger partial charge in [-0.05, 0) is 19.8 Å². The molecule has 0 aromatic carbocycles. The largest absolute Gasteiger partial charge is 0.471 e. The minimum absolute atomic E-state index is 0.0606. The molecule has 3 aromatic heterocycles. The van der Waals surface area contributed by atoms with Crippen molar-refractivity contribution in [2.45, 2.75) is 25.4 Å². The first-order valence-corrected chi connectivity index (χ1v) is 9.01. The van der Waals surface area contributed by atoms with Crippen LogP contribution in [-0.2, 0) is 0 Å². The molecule has 2 N–H and O–H groups in total. The number of H-pyrrole nitrogens is 1. The monoisotopic (exact) mass is 351 g/mol. The van der Waals surface area contributed by atoms with Gasteiger partial charge in [-0.1, -0.05) is 0 Å². The van der Waals surface area contributed by atoms with Crippen molar-refractivity contribution >= 4 is 16.7 Å². The Morgan fingerprint density at radius 1 is 1.12 bits per heavy atom. The lowest BCUT2D eigenvalue weighted by Gasteiger charge is -2.28. The van der Waals surface area contributed by atoms with Crippen LogP contribution in [0.1, 0.15) is 19.8 Å². The number of aromatic amines is 1. The quantitative estimate of drug-likeness (QED) is 0.740. The van der Waals surface area contributed by atoms with E-state index in [0.717, 1.165) is 67.1 Å². The van der Waals surface area contributed by atoms with Gasteiger partial charge in [0.15, 0.2) is 0 Å². The van der Waals surface area contributed by atoms with Gasteiger partial charge in [0.1, 0.15) is 23.4 Å². The van der Waals surface area contributed by atoms with Crippen molar-refractivity contribution in [3.63, 3.8) is 0 Å². The second-order valence-electron chi connectivity index (χ2n) is 7.19. The average Bonchev–Trinajstić information content (AvgIpc) is 3.25. The normalized spacial score (nSPS) is 18.9. The fraction of sp³-hybridized carbons (Fsp3) is 0.444. The summed E-state index contributed by atoms with van der Waals surface area (Å²) in [6.07, 6.45) is 5.53. The molecule has 1 saturated heterocycles. The third-order valence-corrected chi connectivity index (χ3v) is 5.06. The molecule has 0 spiro atoms. The smallest absolute Gasteiger partial charge is 0.214 e. The Morgan fingerprint density at radius 2 is 1.96 bits per heavy atom. The van der Waals surface area contributed by atoms with Crippen LogP contribution in [0.5, 0.6) is 5.88 Å². The van der Waals surface area contributed by atoms with Crippen LogP contribution in [0.4, 0.5) is 5.82 Å². The van der Waals surface area contributed by atoms with E-state index in [1.165, 1.54) is 0 Å². The maximum Gasteiger partial charge on any atom is 0.214 e. The number of rotatable bonds is 4. The summed E-state index contributed by atoms with van der Waals surface area (Å²) in [4.78, 5) is 15.5. The van der Waals surface area contributed by atoms with Gasteiger partial charge >= 0.3 is 0 Å². The average molecular weight is 351 g/mol. The summed E-state index contributed by atoms with van der Waals surface area (Å²) in [5.41, 5.74) is 2.41. The van der Waals surface area contributed by atoms with Crippen LogP contribution in [0, 0.1) is 0 Å². The molecule has 4 heterocycles. The van der Waals surface area contributed by atoms with Gasteiger partial charge in [-0.2, -0.15) is 5.10 Å². The van der Waals surface area contributed by atoms with Gasteiger partial charge in [-0.15, -0.1) is 0 Å². The predicted molar refractivity (Wildman–Crippen MR) is 98.3 cm³/mol. The zero-order valence-corrected chi connectivity index (χ0v) is 14.7. The molecule has 3 aromatic rings. The Hall–Kier alpha value is -2.74. The van der Waals surface area contributed by atoms with Crippen molar-refractivity contribution in [3.05, 3.63) is 24.7 Å². The minimum atomic E-state index is -0.0606. The molecule has 26 heavy (non-hydrogen) atoms. The van der Waals surface area contributed by atoms with Gasteiger partial charge in [0.25, 0.3) is 0 Å². The molecular weight excluding hydrogens is 330 g/mol. The van der Waals surface area contributed by atoms with Crippen molar-refractivity contribution in [1.82, 2.24) is 30.5 Å². The Balaban J connectivity index is 1.50. The second-order valence-corrected chi connectivity index (χ2v) is 7.19. The predicted octanol–water partition coefficient (Wildman–Crippen LogP) is 1.76. The van der Waals surface area contributed by atoms with E-state index in [0.29, 0.717) is 5.88 Å². The number of aromatic nitrogens is 5. The molecule has 0 amide bonds. The van der Waals surface area contributed by atoms with Crippen molar-refractivity contribution in [1.29, 1.82) is 0 Å². The first-order chi connectivity index (χ1) is 12.7. The summed E-state index contributed by atoms with van der Waals surface area (Å²) in [5, 5.41) is 11.8. The summed E-state index contributed by atoms with van der Waals surface area (Å²) >= 11 is 0. The molecule has 2 aliphatic rings.